The van der Waals surface area contributed by atoms with E-state index in [0.29, 0.717) is 12.5 Å². The summed E-state index contributed by atoms with van der Waals surface area (Å²) in [7, 11) is 0. The molecular weight excluding hydrogens is 142 g/mol. The van der Waals surface area contributed by atoms with Crippen LogP contribution in [0.5, 0.6) is 0 Å². The molecule has 0 spiro atoms. The van der Waals surface area contributed by atoms with Crippen LogP contribution in [0.25, 0.3) is 0 Å². The maximum Gasteiger partial charge on any atom is 0.407 e. The van der Waals surface area contributed by atoms with E-state index in [1.165, 1.54) is 0 Å². The summed E-state index contributed by atoms with van der Waals surface area (Å²) in [4.78, 5) is 10.4. The zero-order valence-electron chi connectivity index (χ0n) is 7.68. The fourth-order valence-electron chi connectivity index (χ4n) is 0.759. The molecule has 0 aromatic heterocycles. The van der Waals surface area contributed by atoms with Crippen molar-refractivity contribution in [3.05, 3.63) is 0 Å². The molecule has 11 heavy (non-hydrogen) atoms. The second-order valence-electron chi connectivity index (χ2n) is 2.59. The number of hydrogen-bond donors (Lipinski definition) is 1. The number of carbonyl (C=O) groups excluding carboxylic acids is 1. The van der Waals surface area contributed by atoms with Gasteiger partial charge in [-0.15, -0.1) is 0 Å². The van der Waals surface area contributed by atoms with Gasteiger partial charge in [-0.25, -0.2) is 4.79 Å². The van der Waals surface area contributed by atoms with Crippen molar-refractivity contribution in [1.29, 1.82) is 0 Å². The first kappa shape index (κ1) is 10.3. The molecule has 66 valence electrons. The van der Waals surface area contributed by atoms with Crippen LogP contribution in [0.2, 0.25) is 0 Å². The molecule has 1 unspecified atom stereocenters. The van der Waals surface area contributed by atoms with Crippen molar-refractivity contribution in [2.45, 2.75) is 33.7 Å². The minimum Gasteiger partial charge on any atom is -0.447 e. The van der Waals surface area contributed by atoms with Gasteiger partial charge in [0.1, 0.15) is 6.61 Å². The van der Waals surface area contributed by atoms with Gasteiger partial charge in [0, 0.05) is 0 Å². The molecule has 1 saturated heterocycles. The lowest BCUT2D eigenvalue weighted by molar-refractivity contribution is 0.175. The summed E-state index contributed by atoms with van der Waals surface area (Å²) in [5, 5.41) is 2.69. The van der Waals surface area contributed by atoms with Gasteiger partial charge < -0.3 is 10.1 Å². The van der Waals surface area contributed by atoms with Crippen LogP contribution in [0.15, 0.2) is 0 Å². The monoisotopic (exact) mass is 159 g/mol. The quantitative estimate of drug-likeness (QED) is 0.633. The first-order valence-corrected chi connectivity index (χ1v) is 4.13. The molecule has 1 aliphatic rings. The molecule has 1 aliphatic heterocycles. The van der Waals surface area contributed by atoms with Gasteiger partial charge in [-0.1, -0.05) is 27.7 Å². The standard InChI is InChI=1S/C6H11NO2.C2H6/c1-4(2)5-3-9-6(8)7-5;1-2/h4-5H,3H2,1-2H3,(H,7,8);1-2H3. The average molecular weight is 159 g/mol. The van der Waals surface area contributed by atoms with Gasteiger partial charge in [-0.05, 0) is 5.92 Å². The highest BCUT2D eigenvalue weighted by molar-refractivity contribution is 5.69. The molecule has 0 aromatic rings. The van der Waals surface area contributed by atoms with Gasteiger partial charge in [-0.2, -0.15) is 0 Å². The predicted octanol–water partition coefficient (Wildman–Crippen LogP) is 1.78. The van der Waals surface area contributed by atoms with Gasteiger partial charge in [0.25, 0.3) is 0 Å². The Morgan fingerprint density at radius 3 is 2.27 bits per heavy atom. The predicted molar refractivity (Wildman–Crippen MR) is 44.5 cm³/mol. The number of amides is 1. The van der Waals surface area contributed by atoms with E-state index in [1.54, 1.807) is 0 Å². The lowest BCUT2D eigenvalue weighted by Gasteiger charge is -2.09. The van der Waals surface area contributed by atoms with Crippen LogP contribution >= 0.6 is 0 Å². The van der Waals surface area contributed by atoms with Crippen LogP contribution < -0.4 is 5.32 Å². The lowest BCUT2D eigenvalue weighted by atomic mass is 10.1. The van der Waals surface area contributed by atoms with Gasteiger partial charge in [0.15, 0.2) is 0 Å². The number of nitrogens with one attached hydrogen (secondary N) is 1. The Morgan fingerprint density at radius 2 is 2.09 bits per heavy atom. The average Bonchev–Trinajstić information content (AvgIpc) is 2.40. The molecule has 1 N–H and O–H groups in total. The molecule has 1 atom stereocenters. The number of alkyl carbamates (subject to hydrolysis) is 1. The van der Waals surface area contributed by atoms with Crippen LogP contribution in [0.4, 0.5) is 4.79 Å². The maximum atomic E-state index is 10.4. The Hall–Kier alpha value is -0.730. The van der Waals surface area contributed by atoms with E-state index in [9.17, 15) is 4.79 Å². The zero-order valence-corrected chi connectivity index (χ0v) is 7.68. The van der Waals surface area contributed by atoms with Crippen molar-refractivity contribution in [2.75, 3.05) is 6.61 Å². The summed E-state index contributed by atoms with van der Waals surface area (Å²) in [5.41, 5.74) is 0. The van der Waals surface area contributed by atoms with Crippen LogP contribution in [0.3, 0.4) is 0 Å². The Labute approximate surface area is 68.1 Å². The highest BCUT2D eigenvalue weighted by Crippen LogP contribution is 2.07. The zero-order chi connectivity index (χ0) is 8.85. The third kappa shape index (κ3) is 3.25. The molecule has 3 heteroatoms. The third-order valence-electron chi connectivity index (χ3n) is 1.50. The van der Waals surface area contributed by atoms with E-state index in [4.69, 9.17) is 0 Å². The highest BCUT2D eigenvalue weighted by atomic mass is 16.6. The van der Waals surface area contributed by atoms with Gasteiger partial charge >= 0.3 is 6.09 Å². The van der Waals surface area contributed by atoms with Gasteiger partial charge in [-0.3, -0.25) is 0 Å². The summed E-state index contributed by atoms with van der Waals surface area (Å²) in [6.07, 6.45) is -0.284. The minimum absolute atomic E-state index is 0.220. The number of cyclic esters (lactones) is 1. The van der Waals surface area contributed by atoms with Gasteiger partial charge in [0.05, 0.1) is 6.04 Å². The molecule has 1 amide bonds. The van der Waals surface area contributed by atoms with Crippen LogP contribution in [0.1, 0.15) is 27.7 Å². The summed E-state index contributed by atoms with van der Waals surface area (Å²) in [6, 6.07) is 0.220. The number of carbonyl (C=O) groups is 1. The van der Waals surface area contributed by atoms with Crippen molar-refractivity contribution in [2.24, 2.45) is 5.92 Å². The smallest absolute Gasteiger partial charge is 0.407 e. The normalized spacial score (nSPS) is 21.9. The lowest BCUT2D eigenvalue weighted by Crippen LogP contribution is -2.30. The highest BCUT2D eigenvalue weighted by Gasteiger charge is 2.24. The molecule has 0 radical (unpaired) electrons. The molecular formula is C8H17NO2. The minimum atomic E-state index is -0.284. The summed E-state index contributed by atoms with van der Waals surface area (Å²) in [5.74, 6) is 0.469. The van der Waals surface area contributed by atoms with E-state index >= 15 is 0 Å². The summed E-state index contributed by atoms with van der Waals surface area (Å²) < 4.78 is 4.68. The van der Waals surface area contributed by atoms with E-state index < -0.39 is 0 Å². The van der Waals surface area contributed by atoms with Crippen LogP contribution in [-0.4, -0.2) is 18.7 Å². The van der Waals surface area contributed by atoms with Crippen molar-refractivity contribution in [3.8, 4) is 0 Å². The molecule has 1 heterocycles. The van der Waals surface area contributed by atoms with E-state index in [0.717, 1.165) is 0 Å². The topological polar surface area (TPSA) is 38.3 Å². The molecule has 1 rings (SSSR count). The largest absolute Gasteiger partial charge is 0.447 e. The summed E-state index contributed by atoms with van der Waals surface area (Å²) >= 11 is 0. The SMILES string of the molecule is CC.CC(C)C1COC(=O)N1. The molecule has 3 nitrogen and oxygen atoms in total. The first-order valence-electron chi connectivity index (χ1n) is 4.13. The number of hydrogen-bond acceptors (Lipinski definition) is 2. The Morgan fingerprint density at radius 1 is 1.55 bits per heavy atom. The number of ether oxygens (including phenoxy) is 1. The Bertz CT molecular complexity index is 123. The van der Waals surface area contributed by atoms with Crippen molar-refractivity contribution < 1.29 is 9.53 Å². The fourth-order valence-corrected chi connectivity index (χ4v) is 0.759. The Kier molecular flexibility index (Phi) is 4.66. The third-order valence-corrected chi connectivity index (χ3v) is 1.50. The van der Waals surface area contributed by atoms with Crippen molar-refractivity contribution in [1.82, 2.24) is 5.32 Å². The first-order chi connectivity index (χ1) is 5.20. The molecule has 1 fully saturated rings. The van der Waals surface area contributed by atoms with Crippen molar-refractivity contribution >= 4 is 6.09 Å². The molecule has 0 bridgehead atoms. The Balaban J connectivity index is 0.000000461. The van der Waals surface area contributed by atoms with Gasteiger partial charge in [0.2, 0.25) is 0 Å². The van der Waals surface area contributed by atoms with E-state index in [-0.39, 0.29) is 12.1 Å². The maximum absolute atomic E-state index is 10.4. The second kappa shape index (κ2) is 4.99. The fraction of sp³-hybridized carbons (Fsp3) is 0.875. The van der Waals surface area contributed by atoms with Crippen molar-refractivity contribution in [3.63, 3.8) is 0 Å². The molecule has 0 saturated carbocycles. The van der Waals surface area contributed by atoms with E-state index in [2.05, 4.69) is 23.9 Å². The van der Waals surface area contributed by atoms with Crippen LogP contribution in [-0.2, 0) is 4.74 Å². The summed E-state index contributed by atoms with van der Waals surface area (Å²) in [6.45, 7) is 8.63. The van der Waals surface area contributed by atoms with E-state index in [1.807, 2.05) is 13.8 Å². The van der Waals surface area contributed by atoms with Crippen LogP contribution in [0, 0.1) is 5.92 Å². The number of rotatable bonds is 1. The second-order valence-corrected chi connectivity index (χ2v) is 2.59. The molecule has 0 aromatic carbocycles. The molecule has 0 aliphatic carbocycles.